The zero-order chi connectivity index (χ0) is 13.9. The maximum atomic E-state index is 12.1. The molecule has 0 bridgehead atoms. The summed E-state index contributed by atoms with van der Waals surface area (Å²) in [4.78, 5) is 12.1. The molecule has 2 aromatic carbocycles. The predicted molar refractivity (Wildman–Crippen MR) is 79.5 cm³/mol. The van der Waals surface area contributed by atoms with Gasteiger partial charge in [0.15, 0.2) is 12.4 Å². The summed E-state index contributed by atoms with van der Waals surface area (Å²) < 4.78 is 1.90. The fraction of sp³-hybridized carbons (Fsp3) is 0.0588. The summed E-state index contributed by atoms with van der Waals surface area (Å²) in [5.41, 5.74) is 1.46. The van der Waals surface area contributed by atoms with Crippen LogP contribution in [-0.2, 0) is 7.05 Å². The number of carbonyl (C=O) groups is 1. The molecule has 1 amide bonds. The lowest BCUT2D eigenvalue weighted by Gasteiger charge is -2.06. The van der Waals surface area contributed by atoms with E-state index in [1.54, 1.807) is 12.1 Å². The number of nitrogens with one attached hydrogen (secondary N) is 1. The normalized spacial score (nSPS) is 10.4. The maximum Gasteiger partial charge on any atom is 0.256 e. The first kappa shape index (κ1) is 12.4. The van der Waals surface area contributed by atoms with Crippen LogP contribution in [0.25, 0.3) is 10.8 Å². The summed E-state index contributed by atoms with van der Waals surface area (Å²) in [5.74, 6) is -0.0964. The lowest BCUT2D eigenvalue weighted by atomic mass is 10.1. The van der Waals surface area contributed by atoms with Gasteiger partial charge in [-0.3, -0.25) is 4.79 Å². The number of amides is 1. The van der Waals surface area contributed by atoms with E-state index in [0.29, 0.717) is 5.56 Å². The highest BCUT2D eigenvalue weighted by Crippen LogP contribution is 2.19. The van der Waals surface area contributed by atoms with Crippen LogP contribution in [0.1, 0.15) is 10.4 Å². The van der Waals surface area contributed by atoms with Crippen molar-refractivity contribution in [2.75, 3.05) is 5.32 Å². The van der Waals surface area contributed by atoms with Crippen molar-refractivity contribution >= 4 is 22.4 Å². The summed E-state index contributed by atoms with van der Waals surface area (Å²) in [5, 5.41) is 5.20. The van der Waals surface area contributed by atoms with E-state index in [9.17, 15) is 4.79 Å². The van der Waals surface area contributed by atoms with Crippen molar-refractivity contribution in [2.45, 2.75) is 0 Å². The minimum absolute atomic E-state index is 0.0964. The van der Waals surface area contributed by atoms with Gasteiger partial charge in [0.25, 0.3) is 5.91 Å². The van der Waals surface area contributed by atoms with Gasteiger partial charge < -0.3 is 5.32 Å². The number of pyridine rings is 1. The predicted octanol–water partition coefficient (Wildman–Crippen LogP) is 2.92. The number of carbonyl (C=O) groups excluding carboxylic acids is 1. The smallest absolute Gasteiger partial charge is 0.256 e. The molecular weight excluding hydrogens is 248 g/mol. The number of anilines is 1. The molecule has 0 saturated carbocycles. The first-order valence-corrected chi connectivity index (χ1v) is 6.48. The second-order valence-corrected chi connectivity index (χ2v) is 4.77. The fourth-order valence-electron chi connectivity index (χ4n) is 2.12. The Morgan fingerprint density at radius 2 is 1.65 bits per heavy atom. The molecule has 1 heterocycles. The standard InChI is InChI=1S/C17H14N2O/c1-19-10-8-14(9-11-19)17(20)18-16-7-6-13-4-2-3-5-15(13)12-16/h2-12H,1H3/p+1. The summed E-state index contributed by atoms with van der Waals surface area (Å²) in [6.07, 6.45) is 3.71. The molecule has 3 aromatic rings. The second kappa shape index (κ2) is 5.13. The van der Waals surface area contributed by atoms with Gasteiger partial charge >= 0.3 is 0 Å². The number of hydrogen-bond donors (Lipinski definition) is 1. The van der Waals surface area contributed by atoms with Crippen molar-refractivity contribution in [3.8, 4) is 0 Å². The number of aryl methyl sites for hydroxylation is 1. The Balaban J connectivity index is 1.85. The van der Waals surface area contributed by atoms with Gasteiger partial charge in [-0.1, -0.05) is 30.3 Å². The largest absolute Gasteiger partial charge is 0.322 e. The van der Waals surface area contributed by atoms with E-state index in [1.165, 1.54) is 0 Å². The Hall–Kier alpha value is -2.68. The molecule has 0 unspecified atom stereocenters. The van der Waals surface area contributed by atoms with Crippen molar-refractivity contribution in [1.82, 2.24) is 0 Å². The third-order valence-electron chi connectivity index (χ3n) is 3.25. The number of rotatable bonds is 2. The summed E-state index contributed by atoms with van der Waals surface area (Å²) in [6, 6.07) is 17.6. The number of aromatic nitrogens is 1. The quantitative estimate of drug-likeness (QED) is 0.708. The van der Waals surface area contributed by atoms with Gasteiger partial charge in [0.1, 0.15) is 7.05 Å². The van der Waals surface area contributed by atoms with Gasteiger partial charge in [-0.15, -0.1) is 0 Å². The van der Waals surface area contributed by atoms with Crippen LogP contribution in [0.2, 0.25) is 0 Å². The number of fused-ring (bicyclic) bond motifs is 1. The van der Waals surface area contributed by atoms with Gasteiger partial charge in [-0.25, -0.2) is 4.57 Å². The number of hydrogen-bond acceptors (Lipinski definition) is 1. The highest BCUT2D eigenvalue weighted by atomic mass is 16.1. The van der Waals surface area contributed by atoms with Crippen molar-refractivity contribution < 1.29 is 9.36 Å². The molecule has 0 aliphatic heterocycles. The Morgan fingerprint density at radius 1 is 0.950 bits per heavy atom. The molecule has 0 radical (unpaired) electrons. The summed E-state index contributed by atoms with van der Waals surface area (Å²) in [7, 11) is 1.92. The topological polar surface area (TPSA) is 33.0 Å². The fourth-order valence-corrected chi connectivity index (χ4v) is 2.12. The zero-order valence-electron chi connectivity index (χ0n) is 11.2. The van der Waals surface area contributed by atoms with E-state index in [0.717, 1.165) is 16.5 Å². The van der Waals surface area contributed by atoms with Crippen molar-refractivity contribution in [3.05, 3.63) is 72.6 Å². The van der Waals surface area contributed by atoms with Crippen LogP contribution in [0.5, 0.6) is 0 Å². The molecule has 20 heavy (non-hydrogen) atoms. The Morgan fingerprint density at radius 3 is 2.40 bits per heavy atom. The highest BCUT2D eigenvalue weighted by Gasteiger charge is 2.07. The van der Waals surface area contributed by atoms with Gasteiger partial charge in [-0.05, 0) is 22.9 Å². The molecule has 3 nitrogen and oxygen atoms in total. The second-order valence-electron chi connectivity index (χ2n) is 4.77. The van der Waals surface area contributed by atoms with Gasteiger partial charge in [0, 0.05) is 17.8 Å². The average Bonchev–Trinajstić information content (AvgIpc) is 2.48. The zero-order valence-corrected chi connectivity index (χ0v) is 11.2. The van der Waals surface area contributed by atoms with E-state index < -0.39 is 0 Å². The molecule has 1 N–H and O–H groups in total. The monoisotopic (exact) mass is 263 g/mol. The van der Waals surface area contributed by atoms with Crippen molar-refractivity contribution in [2.24, 2.45) is 7.05 Å². The lowest BCUT2D eigenvalue weighted by molar-refractivity contribution is -0.671. The molecule has 0 saturated heterocycles. The van der Waals surface area contributed by atoms with E-state index in [-0.39, 0.29) is 5.91 Å². The molecule has 1 aromatic heterocycles. The van der Waals surface area contributed by atoms with Crippen LogP contribution in [0, 0.1) is 0 Å². The lowest BCUT2D eigenvalue weighted by Crippen LogP contribution is -2.27. The molecule has 0 aliphatic rings. The molecule has 98 valence electrons. The van der Waals surface area contributed by atoms with Crippen LogP contribution >= 0.6 is 0 Å². The van der Waals surface area contributed by atoms with Crippen LogP contribution in [0.3, 0.4) is 0 Å². The van der Waals surface area contributed by atoms with Crippen LogP contribution < -0.4 is 9.88 Å². The first-order chi connectivity index (χ1) is 9.72. The highest BCUT2D eigenvalue weighted by molar-refractivity contribution is 6.05. The van der Waals surface area contributed by atoms with Gasteiger partial charge in [-0.2, -0.15) is 0 Å². The SMILES string of the molecule is C[n+]1ccc(C(=O)Nc2ccc3ccccc3c2)cc1. The number of benzene rings is 2. The Bertz CT molecular complexity index is 763. The van der Waals surface area contributed by atoms with Crippen molar-refractivity contribution in [3.63, 3.8) is 0 Å². The molecule has 0 aliphatic carbocycles. The van der Waals surface area contributed by atoms with Gasteiger partial charge in [0.05, 0.1) is 5.56 Å². The summed E-state index contributed by atoms with van der Waals surface area (Å²) in [6.45, 7) is 0. The molecule has 0 atom stereocenters. The third-order valence-corrected chi connectivity index (χ3v) is 3.25. The van der Waals surface area contributed by atoms with Gasteiger partial charge in [0.2, 0.25) is 0 Å². The van der Waals surface area contributed by atoms with E-state index in [2.05, 4.69) is 11.4 Å². The third kappa shape index (κ3) is 2.52. The van der Waals surface area contributed by atoms with Crippen LogP contribution in [-0.4, -0.2) is 5.91 Å². The van der Waals surface area contributed by atoms with E-state index >= 15 is 0 Å². The molecular formula is C17H15N2O+. The minimum Gasteiger partial charge on any atom is -0.322 e. The number of nitrogens with zero attached hydrogens (tertiary/aromatic N) is 1. The minimum atomic E-state index is -0.0964. The van der Waals surface area contributed by atoms with Crippen LogP contribution in [0.15, 0.2) is 67.0 Å². The van der Waals surface area contributed by atoms with Crippen molar-refractivity contribution in [1.29, 1.82) is 0 Å². The summed E-state index contributed by atoms with van der Waals surface area (Å²) >= 11 is 0. The van der Waals surface area contributed by atoms with E-state index in [4.69, 9.17) is 0 Å². The average molecular weight is 263 g/mol. The molecule has 3 heteroatoms. The maximum absolute atomic E-state index is 12.1. The molecule has 3 rings (SSSR count). The molecule has 0 spiro atoms. The Labute approximate surface area is 117 Å². The Kier molecular flexibility index (Phi) is 3.17. The van der Waals surface area contributed by atoms with E-state index in [1.807, 2.05) is 60.4 Å². The molecule has 0 fully saturated rings. The van der Waals surface area contributed by atoms with Crippen LogP contribution in [0.4, 0.5) is 5.69 Å². The first-order valence-electron chi connectivity index (χ1n) is 6.48.